The molecule has 0 rings (SSSR count). The predicted octanol–water partition coefficient (Wildman–Crippen LogP) is -1.20. The van der Waals surface area contributed by atoms with Crippen molar-refractivity contribution in [3.05, 3.63) is 0 Å². The molecule has 8 heteroatoms. The summed E-state index contributed by atoms with van der Waals surface area (Å²) in [5.41, 5.74) is 10.2. The molecule has 0 heterocycles. The molecule has 0 saturated heterocycles. The summed E-state index contributed by atoms with van der Waals surface area (Å²) in [6.45, 7) is 0. The lowest BCUT2D eigenvalue weighted by atomic mass is 10.2. The number of hydrogen-bond acceptors (Lipinski definition) is 6. The van der Waals surface area contributed by atoms with E-state index in [2.05, 4.69) is 4.74 Å². The first-order valence-corrected chi connectivity index (χ1v) is 5.63. The zero-order valence-electron chi connectivity index (χ0n) is 8.89. The number of nitrogens with two attached hydrogens (primary N) is 2. The number of imide groups is 1. The van der Waals surface area contributed by atoms with Gasteiger partial charge in [0.05, 0.1) is 12.9 Å². The number of thioether (sulfide) groups is 1. The first-order chi connectivity index (χ1) is 7.47. The summed E-state index contributed by atoms with van der Waals surface area (Å²) in [6.07, 6.45) is 0.404. The van der Waals surface area contributed by atoms with Gasteiger partial charge in [-0.25, -0.2) is 4.79 Å². The summed E-state index contributed by atoms with van der Waals surface area (Å²) in [7, 11) is 1.26. The molecule has 1 atom stereocenters. The van der Waals surface area contributed by atoms with Crippen LogP contribution in [0.1, 0.15) is 6.42 Å². The minimum Gasteiger partial charge on any atom is -0.468 e. The van der Waals surface area contributed by atoms with Crippen molar-refractivity contribution < 1.29 is 19.1 Å². The molecular weight excluding hydrogens is 234 g/mol. The summed E-state index contributed by atoms with van der Waals surface area (Å²) in [5, 5.41) is 1.92. The highest BCUT2D eigenvalue weighted by Crippen LogP contribution is 2.04. The van der Waals surface area contributed by atoms with Crippen molar-refractivity contribution in [2.75, 3.05) is 18.6 Å². The number of ether oxygens (including phenoxy) is 1. The molecule has 0 aromatic carbocycles. The fourth-order valence-electron chi connectivity index (χ4n) is 0.818. The van der Waals surface area contributed by atoms with E-state index >= 15 is 0 Å². The summed E-state index contributed by atoms with van der Waals surface area (Å²) in [4.78, 5) is 32.1. The highest BCUT2D eigenvalue weighted by molar-refractivity contribution is 7.99. The SMILES string of the molecule is COC(=O)C(N)CCSCC(=O)NC(N)=O. The topological polar surface area (TPSA) is 125 Å². The number of amides is 3. The third-order valence-electron chi connectivity index (χ3n) is 1.57. The second kappa shape index (κ2) is 7.94. The van der Waals surface area contributed by atoms with Gasteiger partial charge in [0.1, 0.15) is 6.04 Å². The van der Waals surface area contributed by atoms with Crippen LogP contribution in [0.25, 0.3) is 0 Å². The molecule has 0 aliphatic rings. The molecule has 3 amide bonds. The smallest absolute Gasteiger partial charge is 0.322 e. The molecule has 0 aliphatic heterocycles. The molecule has 0 aromatic heterocycles. The lowest BCUT2D eigenvalue weighted by Crippen LogP contribution is -2.36. The van der Waals surface area contributed by atoms with Crippen LogP contribution in [0, 0.1) is 0 Å². The lowest BCUT2D eigenvalue weighted by Gasteiger charge is -2.08. The Hall–Kier alpha value is -1.28. The second-order valence-corrected chi connectivity index (χ2v) is 3.99. The number of carbonyl (C=O) groups excluding carboxylic acids is 3. The van der Waals surface area contributed by atoms with Gasteiger partial charge in [0.15, 0.2) is 0 Å². The van der Waals surface area contributed by atoms with Gasteiger partial charge in [0.25, 0.3) is 0 Å². The Morgan fingerprint density at radius 3 is 2.56 bits per heavy atom. The molecule has 1 unspecified atom stereocenters. The van der Waals surface area contributed by atoms with Gasteiger partial charge in [-0.3, -0.25) is 14.9 Å². The van der Waals surface area contributed by atoms with Crippen molar-refractivity contribution in [1.82, 2.24) is 5.32 Å². The summed E-state index contributed by atoms with van der Waals surface area (Å²) < 4.78 is 4.43. The lowest BCUT2D eigenvalue weighted by molar-refractivity contribution is -0.142. The Morgan fingerprint density at radius 1 is 1.44 bits per heavy atom. The summed E-state index contributed by atoms with van der Waals surface area (Å²) >= 11 is 1.25. The minimum atomic E-state index is -0.878. The molecular formula is C8H15N3O4S. The van der Waals surface area contributed by atoms with Crippen LogP contribution in [-0.2, 0) is 14.3 Å². The summed E-state index contributed by atoms with van der Waals surface area (Å²) in [6, 6.07) is -1.56. The first-order valence-electron chi connectivity index (χ1n) is 4.47. The molecule has 0 aromatic rings. The monoisotopic (exact) mass is 249 g/mol. The van der Waals surface area contributed by atoms with Gasteiger partial charge in [0, 0.05) is 0 Å². The molecule has 0 aliphatic carbocycles. The number of methoxy groups -OCH3 is 1. The van der Waals surface area contributed by atoms with Crippen molar-refractivity contribution in [2.24, 2.45) is 11.5 Å². The van der Waals surface area contributed by atoms with Gasteiger partial charge in [0.2, 0.25) is 5.91 Å². The number of nitrogens with one attached hydrogen (secondary N) is 1. The average molecular weight is 249 g/mol. The molecule has 7 nitrogen and oxygen atoms in total. The van der Waals surface area contributed by atoms with Crippen LogP contribution in [-0.4, -0.2) is 42.6 Å². The Kier molecular flexibility index (Phi) is 7.31. The number of primary amides is 1. The van der Waals surface area contributed by atoms with E-state index < -0.39 is 23.9 Å². The van der Waals surface area contributed by atoms with E-state index in [0.29, 0.717) is 12.2 Å². The Morgan fingerprint density at radius 2 is 2.06 bits per heavy atom. The van der Waals surface area contributed by atoms with Crippen LogP contribution in [0.15, 0.2) is 0 Å². The molecule has 5 N–H and O–H groups in total. The minimum absolute atomic E-state index is 0.0941. The standard InChI is InChI=1S/C8H15N3O4S/c1-15-7(13)5(9)2-3-16-4-6(12)11-8(10)14/h5H,2-4,9H2,1H3,(H3,10,11,12,14). The Labute approximate surface area is 97.2 Å². The number of urea groups is 1. The third kappa shape index (κ3) is 7.07. The number of hydrogen-bond donors (Lipinski definition) is 3. The van der Waals surface area contributed by atoms with Crippen molar-refractivity contribution in [3.63, 3.8) is 0 Å². The number of carbonyl (C=O) groups is 3. The van der Waals surface area contributed by atoms with Gasteiger partial charge in [-0.2, -0.15) is 11.8 Å². The van der Waals surface area contributed by atoms with Crippen LogP contribution in [0.2, 0.25) is 0 Å². The molecule has 0 radical (unpaired) electrons. The normalized spacial score (nSPS) is 11.6. The van der Waals surface area contributed by atoms with Crippen LogP contribution in [0.5, 0.6) is 0 Å². The van der Waals surface area contributed by atoms with Crippen molar-refractivity contribution in [3.8, 4) is 0 Å². The largest absolute Gasteiger partial charge is 0.468 e. The van der Waals surface area contributed by atoms with Gasteiger partial charge in [-0.05, 0) is 12.2 Å². The predicted molar refractivity (Wildman–Crippen MR) is 59.7 cm³/mol. The zero-order chi connectivity index (χ0) is 12.6. The number of esters is 1. The fraction of sp³-hybridized carbons (Fsp3) is 0.625. The molecule has 0 fully saturated rings. The van der Waals surface area contributed by atoms with E-state index in [1.807, 2.05) is 5.32 Å². The van der Waals surface area contributed by atoms with E-state index in [0.717, 1.165) is 0 Å². The Balaban J connectivity index is 3.56. The average Bonchev–Trinajstić information content (AvgIpc) is 2.21. The van der Waals surface area contributed by atoms with E-state index in [1.54, 1.807) is 0 Å². The quantitative estimate of drug-likeness (QED) is 0.401. The number of rotatable bonds is 6. The maximum absolute atomic E-state index is 10.9. The zero-order valence-corrected chi connectivity index (χ0v) is 9.71. The molecule has 92 valence electrons. The molecule has 0 spiro atoms. The van der Waals surface area contributed by atoms with Crippen molar-refractivity contribution in [1.29, 1.82) is 0 Å². The maximum atomic E-state index is 10.9. The Bertz CT molecular complexity index is 272. The van der Waals surface area contributed by atoms with Crippen LogP contribution in [0.4, 0.5) is 4.79 Å². The van der Waals surface area contributed by atoms with Gasteiger partial charge < -0.3 is 16.2 Å². The van der Waals surface area contributed by atoms with Gasteiger partial charge in [-0.15, -0.1) is 0 Å². The van der Waals surface area contributed by atoms with Crippen LogP contribution < -0.4 is 16.8 Å². The van der Waals surface area contributed by atoms with Crippen molar-refractivity contribution >= 4 is 29.7 Å². The summed E-state index contributed by atoms with van der Waals surface area (Å²) in [5.74, 6) is -0.342. The first kappa shape index (κ1) is 14.7. The second-order valence-electron chi connectivity index (χ2n) is 2.88. The molecule has 16 heavy (non-hydrogen) atoms. The van der Waals surface area contributed by atoms with Gasteiger partial charge >= 0.3 is 12.0 Å². The van der Waals surface area contributed by atoms with E-state index in [-0.39, 0.29) is 5.75 Å². The van der Waals surface area contributed by atoms with Crippen LogP contribution >= 0.6 is 11.8 Å². The third-order valence-corrected chi connectivity index (χ3v) is 2.56. The molecule has 0 bridgehead atoms. The highest BCUT2D eigenvalue weighted by atomic mass is 32.2. The fourth-order valence-corrected chi connectivity index (χ4v) is 1.64. The highest BCUT2D eigenvalue weighted by Gasteiger charge is 2.13. The van der Waals surface area contributed by atoms with Crippen LogP contribution in [0.3, 0.4) is 0 Å². The van der Waals surface area contributed by atoms with E-state index in [9.17, 15) is 14.4 Å². The molecule has 0 saturated carbocycles. The van der Waals surface area contributed by atoms with E-state index in [1.165, 1.54) is 18.9 Å². The maximum Gasteiger partial charge on any atom is 0.322 e. The van der Waals surface area contributed by atoms with Gasteiger partial charge in [-0.1, -0.05) is 0 Å². The van der Waals surface area contributed by atoms with E-state index in [4.69, 9.17) is 11.5 Å². The van der Waals surface area contributed by atoms with Crippen molar-refractivity contribution in [2.45, 2.75) is 12.5 Å².